The van der Waals surface area contributed by atoms with E-state index in [0.717, 1.165) is 0 Å². The van der Waals surface area contributed by atoms with Crippen molar-refractivity contribution in [3.8, 4) is 5.88 Å². The fourth-order valence-electron chi connectivity index (χ4n) is 1.74. The number of amides is 1. The van der Waals surface area contributed by atoms with Crippen LogP contribution >= 0.6 is 0 Å². The van der Waals surface area contributed by atoms with E-state index < -0.39 is 18.7 Å². The first kappa shape index (κ1) is 17.7. The van der Waals surface area contributed by atoms with Crippen LogP contribution in [-0.4, -0.2) is 45.8 Å². The molecule has 0 spiro atoms. The second-order valence-electron chi connectivity index (χ2n) is 4.88. The maximum atomic E-state index is 12.3. The number of hydrogen-bond donors (Lipinski definition) is 0. The minimum atomic E-state index is -4.48. The Balaban J connectivity index is 2.02. The van der Waals surface area contributed by atoms with Crippen molar-refractivity contribution in [3.63, 3.8) is 0 Å². The first-order valence-corrected chi connectivity index (χ1v) is 7.02. The number of aryl methyl sites for hydroxylation is 1. The van der Waals surface area contributed by atoms with Gasteiger partial charge in [0.25, 0.3) is 5.91 Å². The molecule has 10 heteroatoms. The fraction of sp³-hybridized carbons (Fsp3) is 0.429. The molecule has 0 aliphatic heterocycles. The van der Waals surface area contributed by atoms with Gasteiger partial charge in [0.15, 0.2) is 12.4 Å². The van der Waals surface area contributed by atoms with Gasteiger partial charge in [0.1, 0.15) is 12.2 Å². The third-order valence-corrected chi connectivity index (χ3v) is 2.87. The van der Waals surface area contributed by atoms with E-state index in [1.807, 2.05) is 6.92 Å². The van der Waals surface area contributed by atoms with Crippen LogP contribution in [0, 0.1) is 0 Å². The van der Waals surface area contributed by atoms with Gasteiger partial charge in [-0.2, -0.15) is 18.2 Å². The summed E-state index contributed by atoms with van der Waals surface area (Å²) >= 11 is 0. The number of rotatable bonds is 6. The molecule has 0 unspecified atom stereocenters. The molecule has 0 radical (unpaired) electrons. The number of ether oxygens (including phenoxy) is 1. The monoisotopic (exact) mass is 344 g/mol. The molecule has 2 heterocycles. The highest BCUT2D eigenvalue weighted by Crippen LogP contribution is 2.17. The summed E-state index contributed by atoms with van der Waals surface area (Å²) in [4.78, 5) is 21.4. The number of carbonyl (C=O) groups excluding carboxylic acids is 1. The lowest BCUT2D eigenvalue weighted by Crippen LogP contribution is -2.27. The van der Waals surface area contributed by atoms with Gasteiger partial charge in [0.2, 0.25) is 11.8 Å². The molecule has 24 heavy (non-hydrogen) atoms. The Morgan fingerprint density at radius 1 is 1.33 bits per heavy atom. The van der Waals surface area contributed by atoms with Crippen molar-refractivity contribution in [2.75, 3.05) is 13.7 Å². The molecule has 1 amide bonds. The summed E-state index contributed by atoms with van der Waals surface area (Å²) in [6, 6.07) is 4.01. The molecule has 0 aliphatic rings. The van der Waals surface area contributed by atoms with Crippen molar-refractivity contribution in [1.29, 1.82) is 0 Å². The number of pyridine rings is 1. The SMILES string of the molecule is CCc1noc(CN(C)C(=O)c2cccc(OCC(F)(F)F)n2)n1. The van der Waals surface area contributed by atoms with E-state index in [2.05, 4.69) is 19.9 Å². The highest BCUT2D eigenvalue weighted by molar-refractivity contribution is 5.92. The summed E-state index contributed by atoms with van der Waals surface area (Å²) in [7, 11) is 1.49. The summed E-state index contributed by atoms with van der Waals surface area (Å²) in [5, 5.41) is 3.72. The van der Waals surface area contributed by atoms with Crippen molar-refractivity contribution >= 4 is 5.91 Å². The Bertz CT molecular complexity index is 703. The highest BCUT2D eigenvalue weighted by atomic mass is 19.4. The largest absolute Gasteiger partial charge is 0.468 e. The standard InChI is InChI=1S/C14H15F3N4O3/c1-3-10-19-12(24-20-10)7-21(2)13(22)9-5-4-6-11(18-9)23-8-14(15,16)17/h4-6H,3,7-8H2,1-2H3. The van der Waals surface area contributed by atoms with Gasteiger partial charge in [-0.25, -0.2) is 4.98 Å². The minimum Gasteiger partial charge on any atom is -0.468 e. The molecule has 0 N–H and O–H groups in total. The molecule has 2 rings (SSSR count). The predicted octanol–water partition coefficient (Wildman–Crippen LogP) is 2.24. The van der Waals surface area contributed by atoms with E-state index in [1.165, 1.54) is 30.1 Å². The van der Waals surface area contributed by atoms with Crippen LogP contribution in [0.5, 0.6) is 5.88 Å². The average Bonchev–Trinajstić information content (AvgIpc) is 2.99. The van der Waals surface area contributed by atoms with E-state index in [0.29, 0.717) is 12.2 Å². The second kappa shape index (κ2) is 7.28. The Morgan fingerprint density at radius 3 is 2.71 bits per heavy atom. The maximum Gasteiger partial charge on any atom is 0.422 e. The first-order valence-electron chi connectivity index (χ1n) is 7.02. The summed E-state index contributed by atoms with van der Waals surface area (Å²) in [5.41, 5.74) is -0.0487. The third-order valence-electron chi connectivity index (χ3n) is 2.87. The van der Waals surface area contributed by atoms with Crippen molar-refractivity contribution < 1.29 is 27.2 Å². The lowest BCUT2D eigenvalue weighted by Gasteiger charge is -2.15. The molecule has 2 aromatic heterocycles. The smallest absolute Gasteiger partial charge is 0.422 e. The molecule has 0 aromatic carbocycles. The molecule has 7 nitrogen and oxygen atoms in total. The highest BCUT2D eigenvalue weighted by Gasteiger charge is 2.28. The summed E-state index contributed by atoms with van der Waals surface area (Å²) in [6.45, 7) is 0.441. The van der Waals surface area contributed by atoms with Gasteiger partial charge in [-0.1, -0.05) is 18.1 Å². The molecule has 2 aromatic rings. The van der Waals surface area contributed by atoms with Crippen LogP contribution in [0.2, 0.25) is 0 Å². The lowest BCUT2D eigenvalue weighted by atomic mass is 10.3. The van der Waals surface area contributed by atoms with Gasteiger partial charge >= 0.3 is 6.18 Å². The van der Waals surface area contributed by atoms with Crippen LogP contribution in [0.3, 0.4) is 0 Å². The fourth-order valence-corrected chi connectivity index (χ4v) is 1.74. The Kier molecular flexibility index (Phi) is 5.37. The van der Waals surface area contributed by atoms with Crippen LogP contribution in [0.15, 0.2) is 22.7 Å². The molecular weight excluding hydrogens is 329 g/mol. The van der Waals surface area contributed by atoms with E-state index in [1.54, 1.807) is 0 Å². The molecule has 130 valence electrons. The van der Waals surface area contributed by atoms with E-state index in [4.69, 9.17) is 4.52 Å². The minimum absolute atomic E-state index is 0.0487. The van der Waals surface area contributed by atoms with Gasteiger partial charge in [-0.3, -0.25) is 4.79 Å². The number of alkyl halides is 3. The Morgan fingerprint density at radius 2 is 2.08 bits per heavy atom. The number of halogens is 3. The summed E-state index contributed by atoms with van der Waals surface area (Å²) < 4.78 is 46.0. The number of aromatic nitrogens is 3. The molecule has 0 fully saturated rings. The summed E-state index contributed by atoms with van der Waals surface area (Å²) in [6.07, 6.45) is -3.88. The number of nitrogens with zero attached hydrogens (tertiary/aromatic N) is 4. The van der Waals surface area contributed by atoms with Crippen molar-refractivity contribution in [1.82, 2.24) is 20.0 Å². The molecule has 0 bridgehead atoms. The Hall–Kier alpha value is -2.65. The van der Waals surface area contributed by atoms with Gasteiger partial charge in [-0.05, 0) is 6.07 Å². The first-order chi connectivity index (χ1) is 11.3. The molecular formula is C14H15F3N4O3. The van der Waals surface area contributed by atoms with Crippen LogP contribution in [0.1, 0.15) is 29.1 Å². The molecule has 0 aliphatic carbocycles. The van der Waals surface area contributed by atoms with E-state index in [-0.39, 0.29) is 24.0 Å². The second-order valence-corrected chi connectivity index (χ2v) is 4.88. The molecule has 0 atom stereocenters. The van der Waals surface area contributed by atoms with E-state index >= 15 is 0 Å². The normalized spacial score (nSPS) is 11.4. The van der Waals surface area contributed by atoms with Crippen LogP contribution < -0.4 is 4.74 Å². The lowest BCUT2D eigenvalue weighted by molar-refractivity contribution is -0.154. The maximum absolute atomic E-state index is 12.3. The van der Waals surface area contributed by atoms with Gasteiger partial charge < -0.3 is 14.2 Å². The van der Waals surface area contributed by atoms with Gasteiger partial charge in [0, 0.05) is 19.5 Å². The van der Waals surface area contributed by atoms with Crippen LogP contribution in [0.25, 0.3) is 0 Å². The van der Waals surface area contributed by atoms with Crippen molar-refractivity contribution in [3.05, 3.63) is 35.6 Å². The van der Waals surface area contributed by atoms with Crippen LogP contribution in [0.4, 0.5) is 13.2 Å². The van der Waals surface area contributed by atoms with E-state index in [9.17, 15) is 18.0 Å². The van der Waals surface area contributed by atoms with Gasteiger partial charge in [-0.15, -0.1) is 0 Å². The topological polar surface area (TPSA) is 81.4 Å². The molecule has 0 saturated heterocycles. The predicted molar refractivity (Wildman–Crippen MR) is 75.3 cm³/mol. The van der Waals surface area contributed by atoms with Crippen molar-refractivity contribution in [2.45, 2.75) is 26.1 Å². The zero-order valence-corrected chi connectivity index (χ0v) is 13.0. The van der Waals surface area contributed by atoms with Crippen LogP contribution in [-0.2, 0) is 13.0 Å². The number of carbonyl (C=O) groups is 1. The summed E-state index contributed by atoms with van der Waals surface area (Å²) in [5.74, 6) is -0.0139. The van der Waals surface area contributed by atoms with Crippen molar-refractivity contribution in [2.24, 2.45) is 0 Å². The zero-order chi connectivity index (χ0) is 17.7. The Labute approximate surface area is 135 Å². The quantitative estimate of drug-likeness (QED) is 0.799. The third kappa shape index (κ3) is 4.93. The zero-order valence-electron chi connectivity index (χ0n) is 13.0. The number of hydrogen-bond acceptors (Lipinski definition) is 6. The van der Waals surface area contributed by atoms with Gasteiger partial charge in [0.05, 0.1) is 0 Å². The molecule has 0 saturated carbocycles. The average molecular weight is 344 g/mol.